The Kier molecular flexibility index (Phi) is 5.94. The number of amides is 3. The number of carbonyl (C=O) groups is 2. The van der Waals surface area contributed by atoms with Gasteiger partial charge in [-0.3, -0.25) is 14.6 Å². The maximum Gasteiger partial charge on any atom is 0.325 e. The van der Waals surface area contributed by atoms with Crippen molar-refractivity contribution in [3.05, 3.63) is 96.1 Å². The number of nitrogens with one attached hydrogen (secondary N) is 1. The molecule has 0 unspecified atom stereocenters. The first-order valence-corrected chi connectivity index (χ1v) is 11.3. The Morgan fingerprint density at radius 2 is 1.30 bits per heavy atom. The first-order chi connectivity index (χ1) is 16.2. The van der Waals surface area contributed by atoms with Gasteiger partial charge in [0.15, 0.2) is 5.54 Å². The Balaban J connectivity index is 1.47. The highest BCUT2D eigenvalue weighted by atomic mass is 16.5. The highest BCUT2D eigenvalue weighted by molar-refractivity contribution is 6.09. The number of imide groups is 1. The summed E-state index contributed by atoms with van der Waals surface area (Å²) in [6.07, 6.45) is 0. The van der Waals surface area contributed by atoms with Crippen LogP contribution in [0.4, 0.5) is 4.79 Å². The molecule has 2 aliphatic rings. The summed E-state index contributed by atoms with van der Waals surface area (Å²) in [6.45, 7) is 3.98. The van der Waals surface area contributed by atoms with Gasteiger partial charge in [-0.05, 0) is 22.3 Å². The van der Waals surface area contributed by atoms with E-state index in [0.717, 1.165) is 35.3 Å². The maximum absolute atomic E-state index is 13.9. The average molecular weight is 442 g/mol. The van der Waals surface area contributed by atoms with Crippen molar-refractivity contribution in [2.24, 2.45) is 0 Å². The van der Waals surface area contributed by atoms with Crippen LogP contribution in [0.15, 0.2) is 84.9 Å². The second kappa shape index (κ2) is 9.17. The van der Waals surface area contributed by atoms with Gasteiger partial charge in [-0.1, -0.05) is 84.9 Å². The fraction of sp³-hybridized carbons (Fsp3) is 0.259. The quantitative estimate of drug-likeness (QED) is 0.595. The molecule has 0 spiro atoms. The van der Waals surface area contributed by atoms with Crippen LogP contribution in [-0.2, 0) is 15.1 Å². The van der Waals surface area contributed by atoms with Crippen LogP contribution in [0, 0.1) is 0 Å². The van der Waals surface area contributed by atoms with Crippen LogP contribution in [0.3, 0.4) is 0 Å². The number of carbonyl (C=O) groups excluding carboxylic acids is 2. The number of rotatable bonds is 6. The molecule has 0 radical (unpaired) electrons. The molecule has 0 saturated carbocycles. The molecule has 6 nitrogen and oxygen atoms in total. The molecule has 33 heavy (non-hydrogen) atoms. The van der Waals surface area contributed by atoms with Crippen molar-refractivity contribution in [1.82, 2.24) is 15.1 Å². The predicted octanol–water partition coefficient (Wildman–Crippen LogP) is 3.48. The molecule has 0 bridgehead atoms. The largest absolute Gasteiger partial charge is 0.379 e. The van der Waals surface area contributed by atoms with Crippen LogP contribution in [0.25, 0.3) is 11.1 Å². The van der Waals surface area contributed by atoms with Gasteiger partial charge in [0, 0.05) is 26.2 Å². The van der Waals surface area contributed by atoms with Gasteiger partial charge in [0.2, 0.25) is 0 Å². The van der Waals surface area contributed by atoms with Crippen molar-refractivity contribution >= 4 is 11.9 Å². The summed E-state index contributed by atoms with van der Waals surface area (Å²) < 4.78 is 5.40. The van der Waals surface area contributed by atoms with E-state index >= 15 is 0 Å². The van der Waals surface area contributed by atoms with E-state index in [1.54, 1.807) is 0 Å². The molecular formula is C27H27N3O3. The van der Waals surface area contributed by atoms with E-state index in [0.29, 0.717) is 26.3 Å². The lowest BCUT2D eigenvalue weighted by atomic mass is 9.82. The molecule has 3 aromatic rings. The summed E-state index contributed by atoms with van der Waals surface area (Å²) in [6, 6.07) is 27.1. The van der Waals surface area contributed by atoms with E-state index in [1.165, 1.54) is 4.90 Å². The zero-order valence-corrected chi connectivity index (χ0v) is 18.4. The van der Waals surface area contributed by atoms with Gasteiger partial charge in [0.1, 0.15) is 0 Å². The molecule has 168 valence electrons. The van der Waals surface area contributed by atoms with E-state index < -0.39 is 5.54 Å². The average Bonchev–Trinajstić information content (AvgIpc) is 3.14. The Bertz CT molecular complexity index is 1110. The van der Waals surface area contributed by atoms with Crippen molar-refractivity contribution < 1.29 is 14.3 Å². The van der Waals surface area contributed by atoms with Crippen molar-refractivity contribution in [2.45, 2.75) is 5.54 Å². The monoisotopic (exact) mass is 441 g/mol. The lowest BCUT2D eigenvalue weighted by molar-refractivity contribution is -0.130. The van der Waals surface area contributed by atoms with Crippen LogP contribution in [-0.4, -0.2) is 61.1 Å². The highest BCUT2D eigenvalue weighted by Gasteiger charge is 2.53. The van der Waals surface area contributed by atoms with Gasteiger partial charge in [-0.15, -0.1) is 0 Å². The smallest absolute Gasteiger partial charge is 0.325 e. The van der Waals surface area contributed by atoms with Gasteiger partial charge in [-0.2, -0.15) is 0 Å². The van der Waals surface area contributed by atoms with Crippen molar-refractivity contribution in [2.75, 3.05) is 39.4 Å². The third-order valence-electron chi connectivity index (χ3n) is 6.48. The Morgan fingerprint density at radius 1 is 0.727 bits per heavy atom. The molecule has 2 heterocycles. The normalized spacial score (nSPS) is 21.3. The molecule has 0 aromatic heterocycles. The van der Waals surface area contributed by atoms with E-state index in [9.17, 15) is 9.59 Å². The molecule has 3 aromatic carbocycles. The molecule has 2 aliphatic heterocycles. The van der Waals surface area contributed by atoms with Crippen molar-refractivity contribution in [3.63, 3.8) is 0 Å². The lowest BCUT2D eigenvalue weighted by Crippen LogP contribution is -2.46. The summed E-state index contributed by atoms with van der Waals surface area (Å²) in [5, 5.41) is 3.04. The number of ether oxygens (including phenoxy) is 1. The van der Waals surface area contributed by atoms with Crippen LogP contribution in [0.5, 0.6) is 0 Å². The minimum Gasteiger partial charge on any atom is -0.379 e. The van der Waals surface area contributed by atoms with Crippen LogP contribution in [0.1, 0.15) is 11.1 Å². The molecule has 3 amide bonds. The molecule has 0 aliphatic carbocycles. The van der Waals surface area contributed by atoms with Crippen LogP contribution in [0.2, 0.25) is 0 Å². The lowest BCUT2D eigenvalue weighted by Gasteiger charge is -2.29. The van der Waals surface area contributed by atoms with Gasteiger partial charge < -0.3 is 10.1 Å². The second-order valence-corrected chi connectivity index (χ2v) is 8.40. The third kappa shape index (κ3) is 4.03. The molecule has 5 rings (SSSR count). The molecular weight excluding hydrogens is 414 g/mol. The maximum atomic E-state index is 13.9. The number of hydrogen-bond donors (Lipinski definition) is 1. The molecule has 1 N–H and O–H groups in total. The fourth-order valence-corrected chi connectivity index (χ4v) is 4.63. The van der Waals surface area contributed by atoms with Gasteiger partial charge >= 0.3 is 6.03 Å². The standard InChI is InChI=1S/C27H27N3O3/c31-25-27(23-9-5-2-6-10-23,24-13-11-22(12-14-24)21-7-3-1-4-8-21)28-26(32)30(25)16-15-29-17-19-33-20-18-29/h1-14H,15-20H2,(H,28,32)/t27-/m1/s1. The zero-order valence-electron chi connectivity index (χ0n) is 18.4. The van der Waals surface area contributed by atoms with Gasteiger partial charge in [0.25, 0.3) is 5.91 Å². The Morgan fingerprint density at radius 3 is 1.97 bits per heavy atom. The summed E-state index contributed by atoms with van der Waals surface area (Å²) >= 11 is 0. The summed E-state index contributed by atoms with van der Waals surface area (Å²) in [7, 11) is 0. The number of hydrogen-bond acceptors (Lipinski definition) is 4. The Labute approximate surface area is 193 Å². The Hall–Kier alpha value is -3.48. The first kappa shape index (κ1) is 21.4. The number of benzene rings is 3. The summed E-state index contributed by atoms with van der Waals surface area (Å²) in [5.41, 5.74) is 2.43. The topological polar surface area (TPSA) is 61.9 Å². The van der Waals surface area contributed by atoms with E-state index in [-0.39, 0.29) is 11.9 Å². The number of nitrogens with zero attached hydrogens (tertiary/aromatic N) is 2. The zero-order chi connectivity index (χ0) is 22.7. The minimum atomic E-state index is -1.24. The van der Waals surface area contributed by atoms with E-state index in [4.69, 9.17) is 4.74 Å². The molecule has 2 saturated heterocycles. The molecule has 6 heteroatoms. The van der Waals surface area contributed by atoms with Crippen LogP contribution >= 0.6 is 0 Å². The van der Waals surface area contributed by atoms with E-state index in [2.05, 4.69) is 22.3 Å². The van der Waals surface area contributed by atoms with Gasteiger partial charge in [-0.25, -0.2) is 4.79 Å². The first-order valence-electron chi connectivity index (χ1n) is 11.3. The summed E-state index contributed by atoms with van der Waals surface area (Å²) in [4.78, 5) is 30.5. The molecule has 1 atom stereocenters. The number of morpholine rings is 1. The van der Waals surface area contributed by atoms with Crippen molar-refractivity contribution in [1.29, 1.82) is 0 Å². The predicted molar refractivity (Wildman–Crippen MR) is 127 cm³/mol. The highest BCUT2D eigenvalue weighted by Crippen LogP contribution is 2.37. The van der Waals surface area contributed by atoms with Gasteiger partial charge in [0.05, 0.1) is 13.2 Å². The summed E-state index contributed by atoms with van der Waals surface area (Å²) in [5.74, 6) is -0.237. The van der Waals surface area contributed by atoms with E-state index in [1.807, 2.05) is 72.8 Å². The molecule has 2 fully saturated rings. The van der Waals surface area contributed by atoms with Crippen molar-refractivity contribution in [3.8, 4) is 11.1 Å². The minimum absolute atomic E-state index is 0.237. The number of urea groups is 1. The third-order valence-corrected chi connectivity index (χ3v) is 6.48. The van der Waals surface area contributed by atoms with Crippen LogP contribution < -0.4 is 5.32 Å². The fourth-order valence-electron chi connectivity index (χ4n) is 4.63. The second-order valence-electron chi connectivity index (χ2n) is 8.40. The SMILES string of the molecule is O=C1N[C@](c2ccccc2)(c2ccc(-c3ccccc3)cc2)C(=O)N1CCN1CCOCC1.